The van der Waals surface area contributed by atoms with Gasteiger partial charge in [0.05, 0.1) is 0 Å². The predicted octanol–water partition coefficient (Wildman–Crippen LogP) is 0.864. The number of H-pyrrole nitrogens is 1. The second kappa shape index (κ2) is 5.78. The van der Waals surface area contributed by atoms with Gasteiger partial charge in [0.1, 0.15) is 0 Å². The number of unbranched alkanes of at least 4 members (excludes halogenated alkanes) is 1. The molecule has 0 atom stereocenters. The molecule has 3 N–H and O–H groups in total. The van der Waals surface area contributed by atoms with Crippen LogP contribution in [0.5, 0.6) is 0 Å². The van der Waals surface area contributed by atoms with E-state index in [9.17, 15) is 0 Å². The van der Waals surface area contributed by atoms with Crippen LogP contribution in [0.15, 0.2) is 12.3 Å². The lowest BCUT2D eigenvalue weighted by Crippen LogP contribution is -1.88. The molecule has 13 heavy (non-hydrogen) atoms. The van der Waals surface area contributed by atoms with Gasteiger partial charge in [-0.1, -0.05) is 0 Å². The normalized spacial score (nSPS) is 10.6. The largest absolute Gasteiger partial charge is 0.396 e. The minimum atomic E-state index is 0.202. The van der Waals surface area contributed by atoms with Crippen LogP contribution in [0.2, 0.25) is 0 Å². The van der Waals surface area contributed by atoms with Gasteiger partial charge in [0, 0.05) is 25.1 Å². The monoisotopic (exact) mass is 183 g/mol. The summed E-state index contributed by atoms with van der Waals surface area (Å²) < 4.78 is 0. The van der Waals surface area contributed by atoms with Crippen molar-refractivity contribution in [3.05, 3.63) is 23.5 Å². The molecular formula is C10H17NO2. The second-order valence-corrected chi connectivity index (χ2v) is 3.19. The first-order valence-corrected chi connectivity index (χ1v) is 4.74. The van der Waals surface area contributed by atoms with Gasteiger partial charge >= 0.3 is 0 Å². The molecule has 1 aromatic heterocycles. The van der Waals surface area contributed by atoms with Crippen LogP contribution in [-0.2, 0) is 12.8 Å². The number of hydrogen-bond acceptors (Lipinski definition) is 2. The van der Waals surface area contributed by atoms with E-state index in [1.807, 2.05) is 6.20 Å². The molecule has 0 aliphatic carbocycles. The van der Waals surface area contributed by atoms with Crippen LogP contribution in [0, 0.1) is 0 Å². The van der Waals surface area contributed by atoms with Gasteiger partial charge in [-0.25, -0.2) is 0 Å². The van der Waals surface area contributed by atoms with Gasteiger partial charge in [0.25, 0.3) is 0 Å². The summed E-state index contributed by atoms with van der Waals surface area (Å²) in [6, 6.07) is 2.08. The van der Waals surface area contributed by atoms with E-state index in [0.29, 0.717) is 0 Å². The van der Waals surface area contributed by atoms with Gasteiger partial charge in [-0.15, -0.1) is 0 Å². The van der Waals surface area contributed by atoms with Gasteiger partial charge in [-0.05, 0) is 37.3 Å². The third-order valence-electron chi connectivity index (χ3n) is 2.06. The van der Waals surface area contributed by atoms with E-state index >= 15 is 0 Å². The molecule has 1 rings (SSSR count). The minimum Gasteiger partial charge on any atom is -0.396 e. The van der Waals surface area contributed by atoms with Gasteiger partial charge in [-0.3, -0.25) is 0 Å². The number of hydrogen-bond donors (Lipinski definition) is 3. The number of nitrogens with one attached hydrogen (secondary N) is 1. The molecule has 0 saturated carbocycles. The second-order valence-electron chi connectivity index (χ2n) is 3.19. The zero-order valence-electron chi connectivity index (χ0n) is 7.79. The van der Waals surface area contributed by atoms with Crippen LogP contribution in [0.4, 0.5) is 0 Å². The Morgan fingerprint density at radius 2 is 1.92 bits per heavy atom. The average molecular weight is 183 g/mol. The maximum absolute atomic E-state index is 8.70. The topological polar surface area (TPSA) is 56.2 Å². The van der Waals surface area contributed by atoms with Crippen molar-refractivity contribution in [2.24, 2.45) is 0 Å². The number of rotatable bonds is 6. The van der Waals surface area contributed by atoms with Crippen molar-refractivity contribution in [1.29, 1.82) is 0 Å². The van der Waals surface area contributed by atoms with E-state index in [-0.39, 0.29) is 13.2 Å². The molecule has 0 amide bonds. The number of aliphatic hydroxyl groups excluding tert-OH is 2. The number of aryl methyl sites for hydroxylation is 1. The molecule has 74 valence electrons. The van der Waals surface area contributed by atoms with E-state index in [0.717, 1.165) is 31.2 Å². The fourth-order valence-corrected chi connectivity index (χ4v) is 1.34. The zero-order valence-corrected chi connectivity index (χ0v) is 7.79. The van der Waals surface area contributed by atoms with Gasteiger partial charge in [0.15, 0.2) is 0 Å². The predicted molar refractivity (Wildman–Crippen MR) is 51.6 cm³/mol. The van der Waals surface area contributed by atoms with E-state index < -0.39 is 0 Å². The molecule has 3 heteroatoms. The number of aromatic amines is 1. The molecule has 0 unspecified atom stereocenters. The highest BCUT2D eigenvalue weighted by molar-refractivity contribution is 5.16. The van der Waals surface area contributed by atoms with Gasteiger partial charge in [0.2, 0.25) is 0 Å². The van der Waals surface area contributed by atoms with Crippen molar-refractivity contribution in [1.82, 2.24) is 4.98 Å². The summed E-state index contributed by atoms with van der Waals surface area (Å²) in [6.45, 7) is 0.470. The summed E-state index contributed by atoms with van der Waals surface area (Å²) in [5.74, 6) is 0. The highest BCUT2D eigenvalue weighted by atomic mass is 16.3. The molecule has 0 aliphatic heterocycles. The summed E-state index contributed by atoms with van der Waals surface area (Å²) in [7, 11) is 0. The Kier molecular flexibility index (Phi) is 4.57. The first-order valence-electron chi connectivity index (χ1n) is 4.74. The van der Waals surface area contributed by atoms with Crippen LogP contribution in [0.1, 0.15) is 24.1 Å². The Morgan fingerprint density at radius 3 is 2.62 bits per heavy atom. The summed E-state index contributed by atoms with van der Waals surface area (Å²) in [5, 5.41) is 17.3. The molecule has 0 bridgehead atoms. The SMILES string of the molecule is OCCCCc1cc(CCO)c[nH]1. The molecule has 0 aromatic carbocycles. The van der Waals surface area contributed by atoms with Crippen molar-refractivity contribution >= 4 is 0 Å². The molecule has 0 radical (unpaired) electrons. The fourth-order valence-electron chi connectivity index (χ4n) is 1.34. The van der Waals surface area contributed by atoms with Crippen LogP contribution >= 0.6 is 0 Å². The molecule has 0 saturated heterocycles. The Labute approximate surface area is 78.4 Å². The van der Waals surface area contributed by atoms with E-state index in [1.165, 1.54) is 5.69 Å². The van der Waals surface area contributed by atoms with Crippen molar-refractivity contribution in [2.45, 2.75) is 25.7 Å². The third-order valence-corrected chi connectivity index (χ3v) is 2.06. The molecule has 3 nitrogen and oxygen atoms in total. The zero-order chi connectivity index (χ0) is 9.52. The summed E-state index contributed by atoms with van der Waals surface area (Å²) >= 11 is 0. The summed E-state index contributed by atoms with van der Waals surface area (Å²) in [4.78, 5) is 3.16. The van der Waals surface area contributed by atoms with Crippen molar-refractivity contribution in [3.8, 4) is 0 Å². The average Bonchev–Trinajstić information content (AvgIpc) is 2.54. The maximum atomic E-state index is 8.70. The molecular weight excluding hydrogens is 166 g/mol. The van der Waals surface area contributed by atoms with Crippen molar-refractivity contribution < 1.29 is 10.2 Å². The van der Waals surface area contributed by atoms with Gasteiger partial charge in [-0.2, -0.15) is 0 Å². The molecule has 1 aromatic rings. The van der Waals surface area contributed by atoms with Crippen LogP contribution in [0.25, 0.3) is 0 Å². The fraction of sp³-hybridized carbons (Fsp3) is 0.600. The van der Waals surface area contributed by atoms with Crippen LogP contribution in [0.3, 0.4) is 0 Å². The van der Waals surface area contributed by atoms with E-state index in [1.54, 1.807) is 0 Å². The number of aromatic nitrogens is 1. The quantitative estimate of drug-likeness (QED) is 0.573. The minimum absolute atomic E-state index is 0.202. The smallest absolute Gasteiger partial charge is 0.0472 e. The molecule has 0 aliphatic rings. The van der Waals surface area contributed by atoms with Crippen molar-refractivity contribution in [3.63, 3.8) is 0 Å². The molecule has 0 fully saturated rings. The standard InChI is InChI=1S/C10H17NO2/c12-5-2-1-3-10-7-9(4-6-13)8-11-10/h7-8,11-13H,1-6H2. The summed E-state index contributed by atoms with van der Waals surface area (Å²) in [6.07, 6.45) is 5.50. The lowest BCUT2D eigenvalue weighted by molar-refractivity contribution is 0.284. The lowest BCUT2D eigenvalue weighted by atomic mass is 10.2. The third kappa shape index (κ3) is 3.61. The van der Waals surface area contributed by atoms with Gasteiger partial charge < -0.3 is 15.2 Å². The van der Waals surface area contributed by atoms with E-state index in [4.69, 9.17) is 10.2 Å². The van der Waals surface area contributed by atoms with Crippen LogP contribution in [-0.4, -0.2) is 28.4 Å². The Hall–Kier alpha value is -0.800. The lowest BCUT2D eigenvalue weighted by Gasteiger charge is -1.94. The van der Waals surface area contributed by atoms with E-state index in [2.05, 4.69) is 11.1 Å². The Morgan fingerprint density at radius 1 is 1.08 bits per heavy atom. The summed E-state index contributed by atoms with van der Waals surface area (Å²) in [5.41, 5.74) is 2.35. The maximum Gasteiger partial charge on any atom is 0.0472 e. The highest BCUT2D eigenvalue weighted by Crippen LogP contribution is 2.07. The number of aliphatic hydroxyl groups is 2. The first-order chi connectivity index (χ1) is 6.36. The Balaban J connectivity index is 2.31. The van der Waals surface area contributed by atoms with Crippen LogP contribution < -0.4 is 0 Å². The van der Waals surface area contributed by atoms with Crippen molar-refractivity contribution in [2.75, 3.05) is 13.2 Å². The first kappa shape index (κ1) is 10.3. The molecule has 1 heterocycles. The highest BCUT2D eigenvalue weighted by Gasteiger charge is 1.98. The Bertz CT molecular complexity index is 233. The molecule has 0 spiro atoms.